The number of aliphatic hydroxyl groups excluding tert-OH is 1. The molecule has 0 aliphatic carbocycles. The van der Waals surface area contributed by atoms with E-state index in [9.17, 15) is 0 Å². The van der Waals surface area contributed by atoms with Crippen LogP contribution in [0.15, 0.2) is 0 Å². The van der Waals surface area contributed by atoms with Crippen molar-refractivity contribution in [1.82, 2.24) is 5.32 Å². The quantitative estimate of drug-likeness (QED) is 0.608. The Morgan fingerprint density at radius 3 is 3.09 bits per heavy atom. The van der Waals surface area contributed by atoms with Gasteiger partial charge >= 0.3 is 0 Å². The molecule has 3 nitrogen and oxygen atoms in total. The topological polar surface area (TPSA) is 41.5 Å². The van der Waals surface area contributed by atoms with Gasteiger partial charge in [0.15, 0.2) is 0 Å². The summed E-state index contributed by atoms with van der Waals surface area (Å²) in [5, 5.41) is 12.0. The first-order valence-electron chi connectivity index (χ1n) is 4.23. The van der Waals surface area contributed by atoms with Gasteiger partial charge in [-0.2, -0.15) is 0 Å². The molecular weight excluding hydrogens is 142 g/mol. The maximum Gasteiger partial charge on any atom is 0.0725 e. The number of hydrogen-bond acceptors (Lipinski definition) is 3. The second-order valence-electron chi connectivity index (χ2n) is 3.04. The molecule has 1 heterocycles. The third-order valence-electron chi connectivity index (χ3n) is 2.37. The second kappa shape index (κ2) is 4.70. The molecule has 2 atom stereocenters. The summed E-state index contributed by atoms with van der Waals surface area (Å²) in [6.07, 6.45) is 2.30. The highest BCUT2D eigenvalue weighted by Gasteiger charge is 2.23. The van der Waals surface area contributed by atoms with Crippen LogP contribution in [0.3, 0.4) is 0 Å². The number of aliphatic hydroxyl groups is 1. The maximum absolute atomic E-state index is 8.76. The Kier molecular flexibility index (Phi) is 3.83. The van der Waals surface area contributed by atoms with Gasteiger partial charge in [-0.25, -0.2) is 0 Å². The summed E-state index contributed by atoms with van der Waals surface area (Å²) >= 11 is 0. The van der Waals surface area contributed by atoms with Crippen molar-refractivity contribution < 1.29 is 9.84 Å². The molecule has 2 N–H and O–H groups in total. The Labute approximate surface area is 67.7 Å². The average Bonchev–Trinajstić information content (AvgIpc) is 2.06. The van der Waals surface area contributed by atoms with Gasteiger partial charge in [0, 0.05) is 20.3 Å². The van der Waals surface area contributed by atoms with Gasteiger partial charge in [0.25, 0.3) is 0 Å². The summed E-state index contributed by atoms with van der Waals surface area (Å²) in [4.78, 5) is 0. The third-order valence-corrected chi connectivity index (χ3v) is 2.37. The summed E-state index contributed by atoms with van der Waals surface area (Å²) in [6, 6.07) is 0. The van der Waals surface area contributed by atoms with E-state index in [1.165, 1.54) is 0 Å². The molecule has 1 fully saturated rings. The zero-order valence-corrected chi connectivity index (χ0v) is 7.05. The van der Waals surface area contributed by atoms with Crippen LogP contribution < -0.4 is 5.32 Å². The molecular formula is C8H17NO2. The van der Waals surface area contributed by atoms with Crippen molar-refractivity contribution in [3.63, 3.8) is 0 Å². The lowest BCUT2D eigenvalue weighted by Gasteiger charge is -2.30. The van der Waals surface area contributed by atoms with Crippen LogP contribution in [0, 0.1) is 5.92 Å². The van der Waals surface area contributed by atoms with Crippen molar-refractivity contribution in [2.45, 2.75) is 18.9 Å². The number of piperidine rings is 1. The molecule has 0 aromatic heterocycles. The van der Waals surface area contributed by atoms with Crippen molar-refractivity contribution in [1.29, 1.82) is 0 Å². The normalized spacial score (nSPS) is 32.2. The van der Waals surface area contributed by atoms with E-state index in [-0.39, 0.29) is 6.61 Å². The molecule has 66 valence electrons. The molecule has 1 saturated heterocycles. The van der Waals surface area contributed by atoms with E-state index in [0.29, 0.717) is 12.0 Å². The fourth-order valence-electron chi connectivity index (χ4n) is 1.66. The first-order chi connectivity index (χ1) is 5.38. The van der Waals surface area contributed by atoms with Gasteiger partial charge in [0.2, 0.25) is 0 Å². The molecule has 0 radical (unpaired) electrons. The third kappa shape index (κ3) is 2.43. The fraction of sp³-hybridized carbons (Fsp3) is 1.00. The highest BCUT2D eigenvalue weighted by atomic mass is 16.5. The number of ether oxygens (including phenoxy) is 1. The lowest BCUT2D eigenvalue weighted by molar-refractivity contribution is 0.0239. The van der Waals surface area contributed by atoms with Gasteiger partial charge in [-0.3, -0.25) is 0 Å². The van der Waals surface area contributed by atoms with Crippen LogP contribution >= 0.6 is 0 Å². The molecule has 0 spiro atoms. The van der Waals surface area contributed by atoms with Crippen LogP contribution in [-0.4, -0.2) is 38.0 Å². The summed E-state index contributed by atoms with van der Waals surface area (Å²) in [6.45, 7) is 2.27. The number of nitrogens with one attached hydrogen (secondary N) is 1. The smallest absolute Gasteiger partial charge is 0.0725 e. The van der Waals surface area contributed by atoms with Gasteiger partial charge in [0.1, 0.15) is 0 Å². The molecule has 3 heteroatoms. The van der Waals surface area contributed by atoms with Crippen LogP contribution in [0.1, 0.15) is 12.8 Å². The molecule has 0 aromatic carbocycles. The Morgan fingerprint density at radius 1 is 1.64 bits per heavy atom. The summed E-state index contributed by atoms with van der Waals surface area (Å²) in [7, 11) is 1.74. The Morgan fingerprint density at radius 2 is 2.45 bits per heavy atom. The van der Waals surface area contributed by atoms with E-state index in [0.717, 1.165) is 25.9 Å². The minimum atomic E-state index is 0.282. The van der Waals surface area contributed by atoms with Gasteiger partial charge in [-0.1, -0.05) is 0 Å². The molecule has 0 amide bonds. The van der Waals surface area contributed by atoms with Crippen molar-refractivity contribution in [3.05, 3.63) is 0 Å². The van der Waals surface area contributed by atoms with Crippen LogP contribution in [-0.2, 0) is 4.74 Å². The van der Waals surface area contributed by atoms with E-state index < -0.39 is 0 Å². The highest BCUT2D eigenvalue weighted by molar-refractivity contribution is 4.77. The zero-order valence-electron chi connectivity index (χ0n) is 7.05. The summed E-state index contributed by atoms with van der Waals surface area (Å²) in [5.74, 6) is 0.547. The first-order valence-corrected chi connectivity index (χ1v) is 4.23. The van der Waals surface area contributed by atoms with Gasteiger partial charge in [-0.15, -0.1) is 0 Å². The minimum Gasteiger partial charge on any atom is -0.396 e. The lowest BCUT2D eigenvalue weighted by atomic mass is 9.92. The molecule has 0 aromatic rings. The van der Waals surface area contributed by atoms with Crippen molar-refractivity contribution in [3.8, 4) is 0 Å². The molecule has 1 rings (SSSR count). The molecule has 1 aliphatic heterocycles. The summed E-state index contributed by atoms with van der Waals surface area (Å²) < 4.78 is 5.28. The van der Waals surface area contributed by atoms with Crippen molar-refractivity contribution in [2.24, 2.45) is 5.92 Å². The van der Waals surface area contributed by atoms with E-state index in [1.54, 1.807) is 7.11 Å². The largest absolute Gasteiger partial charge is 0.396 e. The highest BCUT2D eigenvalue weighted by Crippen LogP contribution is 2.18. The summed E-state index contributed by atoms with van der Waals surface area (Å²) in [5.41, 5.74) is 0. The van der Waals surface area contributed by atoms with Gasteiger partial charge in [0.05, 0.1) is 6.10 Å². The number of hydrogen-bond donors (Lipinski definition) is 2. The SMILES string of the molecule is CO[C@@H]1CNCC[C@@H]1CCO. The fourth-order valence-corrected chi connectivity index (χ4v) is 1.66. The molecule has 0 bridgehead atoms. The van der Waals surface area contributed by atoms with Gasteiger partial charge < -0.3 is 15.2 Å². The van der Waals surface area contributed by atoms with Crippen LogP contribution in [0.25, 0.3) is 0 Å². The van der Waals surface area contributed by atoms with Crippen molar-refractivity contribution >= 4 is 0 Å². The molecule has 0 unspecified atom stereocenters. The second-order valence-corrected chi connectivity index (χ2v) is 3.04. The average molecular weight is 159 g/mol. The Hall–Kier alpha value is -0.120. The Bertz CT molecular complexity index is 106. The standard InChI is InChI=1S/C8H17NO2/c1-11-8-6-9-4-2-7(8)3-5-10/h7-10H,2-6H2,1H3/t7-,8-/m1/s1. The van der Waals surface area contributed by atoms with Crippen LogP contribution in [0.4, 0.5) is 0 Å². The van der Waals surface area contributed by atoms with Crippen molar-refractivity contribution in [2.75, 3.05) is 26.8 Å². The predicted octanol–water partition coefficient (Wildman–Crippen LogP) is -0.00670. The lowest BCUT2D eigenvalue weighted by Crippen LogP contribution is -2.41. The molecule has 11 heavy (non-hydrogen) atoms. The minimum absolute atomic E-state index is 0.282. The van der Waals surface area contributed by atoms with Gasteiger partial charge in [-0.05, 0) is 25.3 Å². The number of rotatable bonds is 3. The maximum atomic E-state index is 8.76. The van der Waals surface area contributed by atoms with E-state index in [2.05, 4.69) is 5.32 Å². The molecule has 1 aliphatic rings. The van der Waals surface area contributed by atoms with E-state index in [4.69, 9.17) is 9.84 Å². The first kappa shape index (κ1) is 8.97. The monoisotopic (exact) mass is 159 g/mol. The Balaban J connectivity index is 2.31. The predicted molar refractivity (Wildman–Crippen MR) is 43.5 cm³/mol. The van der Waals surface area contributed by atoms with E-state index >= 15 is 0 Å². The number of methoxy groups -OCH3 is 1. The van der Waals surface area contributed by atoms with Crippen LogP contribution in [0.2, 0.25) is 0 Å². The molecule has 0 saturated carbocycles. The zero-order chi connectivity index (χ0) is 8.10. The van der Waals surface area contributed by atoms with Crippen LogP contribution in [0.5, 0.6) is 0 Å². The van der Waals surface area contributed by atoms with E-state index in [1.807, 2.05) is 0 Å².